The van der Waals surface area contributed by atoms with Crippen molar-refractivity contribution in [3.63, 3.8) is 0 Å². The van der Waals surface area contributed by atoms with Crippen LogP contribution in [0.4, 0.5) is 11.4 Å². The highest BCUT2D eigenvalue weighted by Crippen LogP contribution is 2.63. The molecule has 1 nitrogen and oxygen atoms in total. The van der Waals surface area contributed by atoms with E-state index in [9.17, 15) is 0 Å². The van der Waals surface area contributed by atoms with Gasteiger partial charge in [0.2, 0.25) is 0 Å². The van der Waals surface area contributed by atoms with Crippen LogP contribution in [0.15, 0.2) is 91.0 Å². The Bertz CT molecular complexity index is 1530. The van der Waals surface area contributed by atoms with Crippen molar-refractivity contribution in [3.05, 3.63) is 108 Å². The van der Waals surface area contributed by atoms with Crippen LogP contribution >= 0.6 is 0 Å². The summed E-state index contributed by atoms with van der Waals surface area (Å²) in [6.07, 6.45) is 3.82. The number of nitrogens with zero attached hydrogens (tertiary/aromatic N) is 1. The number of para-hydroxylation sites is 1. The summed E-state index contributed by atoms with van der Waals surface area (Å²) >= 11 is 0. The van der Waals surface area contributed by atoms with Crippen molar-refractivity contribution in [2.75, 3.05) is 4.90 Å². The second-order valence-electron chi connectivity index (χ2n) is 12.9. The molecule has 0 aromatic heterocycles. The standard InChI is InChI=1S/C36H37N/c1-34(2)21-11-16-31-29-22-24(18-20-33(29)37(36(31,34)5)26-12-7-6-8-13-26)25-17-19-28-27-14-9-10-15-30(27)35(3,4)32(28)23-25/h6-10,12-15,17-20,22-23,31H,11,16,21H2,1-5H3. The first-order valence-electron chi connectivity index (χ1n) is 14.0. The highest BCUT2D eigenvalue weighted by Gasteiger charge is 2.58. The summed E-state index contributed by atoms with van der Waals surface area (Å²) in [6, 6.07) is 34.4. The van der Waals surface area contributed by atoms with E-state index in [0.29, 0.717) is 5.92 Å². The smallest absolute Gasteiger partial charge is 0.0543 e. The molecule has 2 atom stereocenters. The average molecular weight is 484 g/mol. The number of hydrogen-bond acceptors (Lipinski definition) is 1. The predicted molar refractivity (Wildman–Crippen MR) is 157 cm³/mol. The number of benzene rings is 4. The van der Waals surface area contributed by atoms with Crippen molar-refractivity contribution in [2.24, 2.45) is 5.41 Å². The van der Waals surface area contributed by atoms with Crippen LogP contribution in [0.1, 0.15) is 76.5 Å². The number of anilines is 2. The van der Waals surface area contributed by atoms with Crippen LogP contribution in [-0.2, 0) is 5.41 Å². The molecule has 1 fully saturated rings. The van der Waals surface area contributed by atoms with Crippen LogP contribution in [0.2, 0.25) is 0 Å². The molecule has 4 aromatic carbocycles. The first-order valence-corrected chi connectivity index (χ1v) is 14.0. The van der Waals surface area contributed by atoms with E-state index >= 15 is 0 Å². The lowest BCUT2D eigenvalue weighted by atomic mass is 9.58. The van der Waals surface area contributed by atoms with Gasteiger partial charge in [-0.15, -0.1) is 0 Å². The molecule has 0 radical (unpaired) electrons. The van der Waals surface area contributed by atoms with Gasteiger partial charge in [0.05, 0.1) is 5.54 Å². The summed E-state index contributed by atoms with van der Waals surface area (Å²) < 4.78 is 0. The van der Waals surface area contributed by atoms with Crippen molar-refractivity contribution < 1.29 is 0 Å². The van der Waals surface area contributed by atoms with E-state index in [0.717, 1.165) is 0 Å². The fraction of sp³-hybridized carbons (Fsp3) is 0.333. The van der Waals surface area contributed by atoms with E-state index in [2.05, 4.69) is 131 Å². The second-order valence-corrected chi connectivity index (χ2v) is 12.9. The maximum Gasteiger partial charge on any atom is 0.0543 e. The van der Waals surface area contributed by atoms with Crippen LogP contribution in [0.25, 0.3) is 22.3 Å². The maximum atomic E-state index is 2.68. The number of hydrogen-bond donors (Lipinski definition) is 0. The molecule has 2 aliphatic carbocycles. The average Bonchev–Trinajstić information content (AvgIpc) is 3.30. The Labute approximate surface area is 222 Å². The van der Waals surface area contributed by atoms with Crippen LogP contribution < -0.4 is 4.90 Å². The molecular weight excluding hydrogens is 446 g/mol. The normalized spacial score (nSPS) is 24.2. The Kier molecular flexibility index (Phi) is 4.69. The van der Waals surface area contributed by atoms with Crippen molar-refractivity contribution in [3.8, 4) is 22.3 Å². The van der Waals surface area contributed by atoms with Crippen LogP contribution in [0, 0.1) is 5.41 Å². The molecule has 37 heavy (non-hydrogen) atoms. The van der Waals surface area contributed by atoms with Crippen molar-refractivity contribution in [1.82, 2.24) is 0 Å². The van der Waals surface area contributed by atoms with Gasteiger partial charge in [-0.2, -0.15) is 0 Å². The van der Waals surface area contributed by atoms with Crippen LogP contribution in [-0.4, -0.2) is 5.54 Å². The van der Waals surface area contributed by atoms with Gasteiger partial charge in [0.1, 0.15) is 0 Å². The third kappa shape index (κ3) is 2.98. The van der Waals surface area contributed by atoms with Gasteiger partial charge < -0.3 is 4.90 Å². The van der Waals surface area contributed by atoms with Crippen molar-refractivity contribution in [1.29, 1.82) is 0 Å². The molecule has 1 heterocycles. The molecular formula is C36H37N. The zero-order valence-corrected chi connectivity index (χ0v) is 22.8. The minimum Gasteiger partial charge on any atom is -0.334 e. The summed E-state index contributed by atoms with van der Waals surface area (Å²) in [6.45, 7) is 12.2. The first-order chi connectivity index (χ1) is 17.7. The van der Waals surface area contributed by atoms with Gasteiger partial charge >= 0.3 is 0 Å². The lowest BCUT2D eigenvalue weighted by Crippen LogP contribution is -2.56. The van der Waals surface area contributed by atoms with E-state index < -0.39 is 0 Å². The molecule has 1 aliphatic heterocycles. The van der Waals surface area contributed by atoms with Gasteiger partial charge in [-0.25, -0.2) is 0 Å². The molecule has 2 unspecified atom stereocenters. The predicted octanol–water partition coefficient (Wildman–Crippen LogP) is 9.86. The Morgan fingerprint density at radius 1 is 0.676 bits per heavy atom. The molecule has 0 spiro atoms. The van der Waals surface area contributed by atoms with Gasteiger partial charge in [-0.3, -0.25) is 0 Å². The minimum atomic E-state index is 0.0226. The monoisotopic (exact) mass is 483 g/mol. The van der Waals surface area contributed by atoms with E-state index in [1.807, 2.05) is 0 Å². The Morgan fingerprint density at radius 3 is 2.16 bits per heavy atom. The third-order valence-electron chi connectivity index (χ3n) is 10.4. The fourth-order valence-electron chi connectivity index (χ4n) is 8.01. The SMILES string of the molecule is CC1(C)c2ccccc2-c2ccc(-c3ccc4c(c3)C3CCCC(C)(C)C3(C)N4c3ccccc3)cc21. The zero-order valence-electron chi connectivity index (χ0n) is 22.8. The summed E-state index contributed by atoms with van der Waals surface area (Å²) in [5, 5.41) is 0. The molecule has 0 amide bonds. The molecule has 186 valence electrons. The quantitative estimate of drug-likeness (QED) is 0.274. The lowest BCUT2D eigenvalue weighted by molar-refractivity contribution is 0.101. The summed E-state index contributed by atoms with van der Waals surface area (Å²) in [4.78, 5) is 2.68. The van der Waals surface area contributed by atoms with E-state index in [4.69, 9.17) is 0 Å². The summed E-state index contributed by atoms with van der Waals surface area (Å²) in [5.74, 6) is 0.529. The van der Waals surface area contributed by atoms with Crippen molar-refractivity contribution >= 4 is 11.4 Å². The van der Waals surface area contributed by atoms with Gasteiger partial charge in [0.25, 0.3) is 0 Å². The molecule has 0 bridgehead atoms. The third-order valence-corrected chi connectivity index (χ3v) is 10.4. The topological polar surface area (TPSA) is 3.24 Å². The van der Waals surface area contributed by atoms with Crippen LogP contribution in [0.3, 0.4) is 0 Å². The second kappa shape index (κ2) is 7.60. The molecule has 0 saturated heterocycles. The highest BCUT2D eigenvalue weighted by molar-refractivity contribution is 5.85. The highest BCUT2D eigenvalue weighted by atomic mass is 15.3. The summed E-state index contributed by atoms with van der Waals surface area (Å²) in [7, 11) is 0. The lowest BCUT2D eigenvalue weighted by Gasteiger charge is -2.55. The fourth-order valence-corrected chi connectivity index (χ4v) is 8.01. The van der Waals surface area contributed by atoms with Gasteiger partial charge in [0.15, 0.2) is 0 Å². The Balaban J connectivity index is 1.38. The first kappa shape index (κ1) is 22.8. The molecule has 1 heteroatoms. The van der Waals surface area contributed by atoms with Gasteiger partial charge in [-0.1, -0.05) is 94.8 Å². The van der Waals surface area contributed by atoms with Crippen LogP contribution in [0.5, 0.6) is 0 Å². The molecule has 4 aromatic rings. The largest absolute Gasteiger partial charge is 0.334 e. The van der Waals surface area contributed by atoms with Gasteiger partial charge in [0, 0.05) is 22.7 Å². The minimum absolute atomic E-state index is 0.0226. The summed E-state index contributed by atoms with van der Waals surface area (Å²) in [5.41, 5.74) is 12.9. The molecule has 7 rings (SSSR count). The van der Waals surface area contributed by atoms with E-state index in [-0.39, 0.29) is 16.4 Å². The van der Waals surface area contributed by atoms with E-state index in [1.54, 1.807) is 0 Å². The van der Waals surface area contributed by atoms with Gasteiger partial charge in [-0.05, 0) is 94.5 Å². The molecule has 1 saturated carbocycles. The van der Waals surface area contributed by atoms with E-state index in [1.165, 1.54) is 69.6 Å². The molecule has 0 N–H and O–H groups in total. The zero-order chi connectivity index (χ0) is 25.6. The Hall–Kier alpha value is -3.32. The Morgan fingerprint density at radius 2 is 1.35 bits per heavy atom. The molecule has 3 aliphatic rings. The number of fused-ring (bicyclic) bond motifs is 6. The number of rotatable bonds is 2. The van der Waals surface area contributed by atoms with Crippen molar-refractivity contribution in [2.45, 2.75) is 70.8 Å². The maximum absolute atomic E-state index is 2.68.